The van der Waals surface area contributed by atoms with Gasteiger partial charge >= 0.3 is 0 Å². The van der Waals surface area contributed by atoms with Crippen molar-refractivity contribution in [2.24, 2.45) is 5.84 Å². The zero-order chi connectivity index (χ0) is 11.4. The van der Waals surface area contributed by atoms with Crippen molar-refractivity contribution in [1.29, 1.82) is 0 Å². The molecule has 0 radical (unpaired) electrons. The molecule has 0 aliphatic carbocycles. The summed E-state index contributed by atoms with van der Waals surface area (Å²) in [4.78, 5) is 4.10. The highest BCUT2D eigenvalue weighted by molar-refractivity contribution is 5.28. The van der Waals surface area contributed by atoms with Crippen molar-refractivity contribution < 1.29 is 0 Å². The van der Waals surface area contributed by atoms with Gasteiger partial charge in [0.25, 0.3) is 0 Å². The first-order valence-corrected chi connectivity index (χ1v) is 5.25. The number of aromatic amines is 1. The Morgan fingerprint density at radius 2 is 2.12 bits per heavy atom. The lowest BCUT2D eigenvalue weighted by Crippen LogP contribution is -2.29. The second kappa shape index (κ2) is 4.87. The number of rotatable bonds is 4. The number of aromatic nitrogens is 3. The standard InChI is InChI=1S/C11H15N5/c1-2-8-3-5-9(6-4-8)10(15-12)11-13-7-14-16-11/h3-7,10,15H,2,12H2,1H3,(H,13,14,16). The number of benzene rings is 1. The lowest BCUT2D eigenvalue weighted by Gasteiger charge is -2.13. The molecule has 1 heterocycles. The number of H-pyrrole nitrogens is 1. The van der Waals surface area contributed by atoms with Gasteiger partial charge in [0.2, 0.25) is 0 Å². The van der Waals surface area contributed by atoms with Gasteiger partial charge in [0.05, 0.1) is 0 Å². The normalized spacial score (nSPS) is 12.6. The van der Waals surface area contributed by atoms with Crippen molar-refractivity contribution in [1.82, 2.24) is 20.6 Å². The third-order valence-corrected chi connectivity index (χ3v) is 2.60. The molecular weight excluding hydrogens is 202 g/mol. The summed E-state index contributed by atoms with van der Waals surface area (Å²) in [5.41, 5.74) is 5.09. The molecule has 0 amide bonds. The predicted molar refractivity (Wildman–Crippen MR) is 61.4 cm³/mol. The summed E-state index contributed by atoms with van der Waals surface area (Å²) >= 11 is 0. The predicted octanol–water partition coefficient (Wildman–Crippen LogP) is 0.920. The summed E-state index contributed by atoms with van der Waals surface area (Å²) in [6, 6.07) is 8.14. The maximum atomic E-state index is 5.53. The van der Waals surface area contributed by atoms with Crippen LogP contribution in [-0.4, -0.2) is 15.2 Å². The van der Waals surface area contributed by atoms with Crippen LogP contribution in [0.25, 0.3) is 0 Å². The Kier molecular flexibility index (Phi) is 3.28. The van der Waals surface area contributed by atoms with Crippen molar-refractivity contribution in [3.05, 3.63) is 47.5 Å². The van der Waals surface area contributed by atoms with Gasteiger partial charge in [-0.1, -0.05) is 31.2 Å². The number of nitrogens with two attached hydrogens (primary N) is 1. The first-order valence-electron chi connectivity index (χ1n) is 5.25. The molecule has 2 rings (SSSR count). The molecule has 5 nitrogen and oxygen atoms in total. The van der Waals surface area contributed by atoms with Crippen LogP contribution in [0.15, 0.2) is 30.6 Å². The second-order valence-corrected chi connectivity index (χ2v) is 3.57. The van der Waals surface area contributed by atoms with Gasteiger partial charge in [-0.25, -0.2) is 10.4 Å². The van der Waals surface area contributed by atoms with Gasteiger partial charge < -0.3 is 0 Å². The van der Waals surface area contributed by atoms with E-state index in [-0.39, 0.29) is 6.04 Å². The smallest absolute Gasteiger partial charge is 0.147 e. The van der Waals surface area contributed by atoms with E-state index in [2.05, 4.69) is 39.7 Å². The van der Waals surface area contributed by atoms with Crippen molar-refractivity contribution in [3.8, 4) is 0 Å². The fourth-order valence-electron chi connectivity index (χ4n) is 1.63. The van der Waals surface area contributed by atoms with E-state index in [9.17, 15) is 0 Å². The maximum absolute atomic E-state index is 5.53. The van der Waals surface area contributed by atoms with E-state index in [1.807, 2.05) is 12.1 Å². The van der Waals surface area contributed by atoms with Gasteiger partial charge in [-0.2, -0.15) is 5.10 Å². The van der Waals surface area contributed by atoms with E-state index in [4.69, 9.17) is 5.84 Å². The second-order valence-electron chi connectivity index (χ2n) is 3.57. The van der Waals surface area contributed by atoms with Crippen LogP contribution in [-0.2, 0) is 6.42 Å². The van der Waals surface area contributed by atoms with Crippen LogP contribution in [0.1, 0.15) is 29.9 Å². The molecule has 0 aliphatic rings. The molecule has 5 heteroatoms. The van der Waals surface area contributed by atoms with E-state index in [0.29, 0.717) is 5.82 Å². The molecule has 0 aliphatic heterocycles. The topological polar surface area (TPSA) is 79.6 Å². The fourth-order valence-corrected chi connectivity index (χ4v) is 1.63. The fraction of sp³-hybridized carbons (Fsp3) is 0.273. The van der Waals surface area contributed by atoms with E-state index < -0.39 is 0 Å². The third-order valence-electron chi connectivity index (χ3n) is 2.60. The Hall–Kier alpha value is -1.72. The first-order chi connectivity index (χ1) is 7.85. The van der Waals surface area contributed by atoms with Crippen LogP contribution in [0.4, 0.5) is 0 Å². The highest BCUT2D eigenvalue weighted by atomic mass is 15.3. The monoisotopic (exact) mass is 217 g/mol. The van der Waals surface area contributed by atoms with Crippen molar-refractivity contribution in [2.75, 3.05) is 0 Å². The van der Waals surface area contributed by atoms with Gasteiger partial charge in [0, 0.05) is 0 Å². The Morgan fingerprint density at radius 3 is 2.62 bits per heavy atom. The molecule has 16 heavy (non-hydrogen) atoms. The third kappa shape index (κ3) is 2.10. The van der Waals surface area contributed by atoms with Crippen molar-refractivity contribution in [2.45, 2.75) is 19.4 Å². The Bertz CT molecular complexity index is 420. The zero-order valence-electron chi connectivity index (χ0n) is 9.14. The lowest BCUT2D eigenvalue weighted by molar-refractivity contribution is 0.604. The quantitative estimate of drug-likeness (QED) is 0.525. The van der Waals surface area contributed by atoms with Crippen LogP contribution >= 0.6 is 0 Å². The summed E-state index contributed by atoms with van der Waals surface area (Å²) in [6.45, 7) is 2.13. The zero-order valence-corrected chi connectivity index (χ0v) is 9.14. The number of nitrogens with zero attached hydrogens (tertiary/aromatic N) is 2. The minimum atomic E-state index is -0.145. The van der Waals surface area contributed by atoms with Crippen LogP contribution in [0.2, 0.25) is 0 Å². The summed E-state index contributed by atoms with van der Waals surface area (Å²) < 4.78 is 0. The molecule has 1 aromatic heterocycles. The summed E-state index contributed by atoms with van der Waals surface area (Å²) in [5.74, 6) is 6.24. The first kappa shape index (κ1) is 10.8. The number of nitrogens with one attached hydrogen (secondary N) is 2. The summed E-state index contributed by atoms with van der Waals surface area (Å²) in [6.07, 6.45) is 2.50. The summed E-state index contributed by atoms with van der Waals surface area (Å²) in [5, 5.41) is 6.63. The molecule has 1 unspecified atom stereocenters. The van der Waals surface area contributed by atoms with Gasteiger partial charge in [-0.15, -0.1) is 0 Å². The molecule has 0 spiro atoms. The van der Waals surface area contributed by atoms with E-state index in [0.717, 1.165) is 12.0 Å². The Morgan fingerprint density at radius 1 is 1.38 bits per heavy atom. The summed E-state index contributed by atoms with van der Waals surface area (Å²) in [7, 11) is 0. The van der Waals surface area contributed by atoms with Gasteiger partial charge in [-0.05, 0) is 17.5 Å². The Balaban J connectivity index is 2.27. The van der Waals surface area contributed by atoms with E-state index in [1.165, 1.54) is 11.9 Å². The van der Waals surface area contributed by atoms with Crippen molar-refractivity contribution in [3.63, 3.8) is 0 Å². The molecule has 2 aromatic rings. The molecule has 1 aromatic carbocycles. The number of aryl methyl sites for hydroxylation is 1. The largest absolute Gasteiger partial charge is 0.270 e. The molecule has 4 N–H and O–H groups in total. The minimum Gasteiger partial charge on any atom is -0.270 e. The maximum Gasteiger partial charge on any atom is 0.147 e. The van der Waals surface area contributed by atoms with Gasteiger partial charge in [0.1, 0.15) is 18.2 Å². The van der Waals surface area contributed by atoms with Gasteiger partial charge in [0.15, 0.2) is 0 Å². The van der Waals surface area contributed by atoms with Crippen LogP contribution in [0, 0.1) is 0 Å². The van der Waals surface area contributed by atoms with Crippen LogP contribution in [0.3, 0.4) is 0 Å². The SMILES string of the molecule is CCc1ccc(C(NN)c2ncn[nH]2)cc1. The average molecular weight is 217 g/mol. The number of hydrogen-bond acceptors (Lipinski definition) is 4. The lowest BCUT2D eigenvalue weighted by atomic mass is 10.0. The molecule has 0 fully saturated rings. The number of hydrogen-bond donors (Lipinski definition) is 3. The van der Waals surface area contributed by atoms with E-state index in [1.54, 1.807) is 0 Å². The molecule has 1 atom stereocenters. The van der Waals surface area contributed by atoms with E-state index >= 15 is 0 Å². The van der Waals surface area contributed by atoms with Crippen molar-refractivity contribution >= 4 is 0 Å². The molecule has 84 valence electrons. The Labute approximate surface area is 94.1 Å². The minimum absolute atomic E-state index is 0.145. The highest BCUT2D eigenvalue weighted by Gasteiger charge is 2.14. The van der Waals surface area contributed by atoms with Crippen LogP contribution in [0.5, 0.6) is 0 Å². The molecule has 0 saturated heterocycles. The number of hydrazine groups is 1. The molecule has 0 saturated carbocycles. The molecule has 0 bridgehead atoms. The van der Waals surface area contributed by atoms with Crippen LogP contribution < -0.4 is 11.3 Å². The average Bonchev–Trinajstić information content (AvgIpc) is 2.85. The highest BCUT2D eigenvalue weighted by Crippen LogP contribution is 2.18. The van der Waals surface area contributed by atoms with Gasteiger partial charge in [-0.3, -0.25) is 10.9 Å². The molecular formula is C11H15N5.